The number of carbonyl (C=O) groups is 1. The molecule has 0 spiro atoms. The minimum atomic E-state index is -0.902. The number of hydrogen-bond donors (Lipinski definition) is 2. The molecule has 0 radical (unpaired) electrons. The van der Waals surface area contributed by atoms with Crippen molar-refractivity contribution in [3.8, 4) is 0 Å². The summed E-state index contributed by atoms with van der Waals surface area (Å²) in [6.07, 6.45) is 0.267. The summed E-state index contributed by atoms with van der Waals surface area (Å²) in [6, 6.07) is 12.1. The van der Waals surface area contributed by atoms with Crippen molar-refractivity contribution in [3.05, 3.63) is 63.9 Å². The topological polar surface area (TPSA) is 66.0 Å². The first-order valence-electron chi connectivity index (χ1n) is 6.65. The van der Waals surface area contributed by atoms with Gasteiger partial charge in [0.1, 0.15) is 5.82 Å². The Morgan fingerprint density at radius 1 is 1.13 bits per heavy atom. The van der Waals surface area contributed by atoms with E-state index in [-0.39, 0.29) is 18.8 Å². The average molecular weight is 372 g/mol. The molecule has 0 aliphatic carbocycles. The Hall–Kier alpha value is -1.75. The quantitative estimate of drug-likeness (QED) is 0.698. The zero-order valence-corrected chi connectivity index (χ0v) is 14.1. The van der Waals surface area contributed by atoms with Gasteiger partial charge in [-0.2, -0.15) is 0 Å². The molecule has 0 saturated carbocycles. The summed E-state index contributed by atoms with van der Waals surface area (Å²) in [5, 5.41) is 10.7. The second-order valence-corrected chi connectivity index (χ2v) is 5.86. The van der Waals surface area contributed by atoms with E-state index in [0.29, 0.717) is 21.4 Å². The number of halogens is 3. The van der Waals surface area contributed by atoms with E-state index in [1.807, 2.05) is 0 Å². The molecule has 1 atom stereocenters. The maximum Gasteiger partial charge on any atom is 0.311 e. The molecule has 23 heavy (non-hydrogen) atoms. The van der Waals surface area contributed by atoms with Gasteiger partial charge in [0.2, 0.25) is 0 Å². The number of hydrogen-bond acceptors (Lipinski definition) is 2. The first-order valence-corrected chi connectivity index (χ1v) is 7.41. The molecule has 4 nitrogen and oxygen atoms in total. The molecule has 0 fully saturated rings. The van der Waals surface area contributed by atoms with Gasteiger partial charge in [-0.3, -0.25) is 4.79 Å². The molecule has 0 bridgehead atoms. The second-order valence-electron chi connectivity index (χ2n) is 4.99. The maximum absolute atomic E-state index is 11.6. The molecule has 0 aliphatic heterocycles. The first kappa shape index (κ1) is 17.6. The number of carboxylic acids is 1. The van der Waals surface area contributed by atoms with Crippen LogP contribution in [0.1, 0.15) is 17.3 Å². The summed E-state index contributed by atoms with van der Waals surface area (Å²) < 4.78 is 0. The number of carboxylic acid groups (broad SMARTS) is 1. The fourth-order valence-corrected chi connectivity index (χ4v) is 2.67. The second kappa shape index (κ2) is 7.21. The van der Waals surface area contributed by atoms with Gasteiger partial charge in [-0.15, -0.1) is 12.4 Å². The van der Waals surface area contributed by atoms with Gasteiger partial charge < -0.3 is 10.1 Å². The minimum absolute atomic E-state index is 0. The van der Waals surface area contributed by atoms with Crippen molar-refractivity contribution in [2.45, 2.75) is 12.3 Å². The number of nitrogens with one attached hydrogen (secondary N) is 1. The lowest BCUT2D eigenvalue weighted by Gasteiger charge is -2.11. The van der Waals surface area contributed by atoms with E-state index in [1.165, 1.54) is 0 Å². The summed E-state index contributed by atoms with van der Waals surface area (Å²) in [6.45, 7) is 0. The molecule has 0 saturated heterocycles. The van der Waals surface area contributed by atoms with E-state index >= 15 is 0 Å². The predicted molar refractivity (Wildman–Crippen MR) is 93.9 cm³/mol. The van der Waals surface area contributed by atoms with Crippen LogP contribution in [-0.2, 0) is 11.2 Å². The summed E-state index contributed by atoms with van der Waals surface area (Å²) in [5.74, 6) is -0.978. The molecule has 0 amide bonds. The van der Waals surface area contributed by atoms with Crippen LogP contribution < -0.4 is 0 Å². The highest BCUT2D eigenvalue weighted by molar-refractivity contribution is 6.31. The van der Waals surface area contributed by atoms with Gasteiger partial charge in [0, 0.05) is 16.5 Å². The van der Waals surface area contributed by atoms with Crippen LogP contribution in [0.25, 0.3) is 11.0 Å². The van der Waals surface area contributed by atoms with E-state index in [9.17, 15) is 9.90 Å². The zero-order chi connectivity index (χ0) is 15.7. The SMILES string of the molecule is Cl.O=C(O)C(Cc1nc2ccc(Cl)cc2[nH]1)c1ccc(Cl)cc1. The normalized spacial score (nSPS) is 11.9. The van der Waals surface area contributed by atoms with Crippen LogP contribution in [0.5, 0.6) is 0 Å². The van der Waals surface area contributed by atoms with Gasteiger partial charge in [0.25, 0.3) is 0 Å². The summed E-state index contributed by atoms with van der Waals surface area (Å²) in [4.78, 5) is 19.1. The number of aromatic amines is 1. The molecule has 1 unspecified atom stereocenters. The molecule has 2 aromatic carbocycles. The van der Waals surface area contributed by atoms with Gasteiger partial charge in [0.15, 0.2) is 0 Å². The largest absolute Gasteiger partial charge is 0.481 e. The fourth-order valence-electron chi connectivity index (χ4n) is 2.37. The van der Waals surface area contributed by atoms with Crippen LogP contribution in [0.4, 0.5) is 0 Å². The number of nitrogens with zero attached hydrogens (tertiary/aromatic N) is 1. The van der Waals surface area contributed by atoms with Crippen LogP contribution in [-0.4, -0.2) is 21.0 Å². The Labute approximate surface area is 148 Å². The molecule has 1 heterocycles. The van der Waals surface area contributed by atoms with E-state index in [0.717, 1.165) is 11.0 Å². The number of fused-ring (bicyclic) bond motifs is 1. The highest BCUT2D eigenvalue weighted by Crippen LogP contribution is 2.24. The van der Waals surface area contributed by atoms with Crippen molar-refractivity contribution in [2.24, 2.45) is 0 Å². The van der Waals surface area contributed by atoms with Crippen LogP contribution >= 0.6 is 35.6 Å². The van der Waals surface area contributed by atoms with E-state index in [2.05, 4.69) is 9.97 Å². The minimum Gasteiger partial charge on any atom is -0.481 e. The molecule has 7 heteroatoms. The third kappa shape index (κ3) is 3.96. The third-order valence-electron chi connectivity index (χ3n) is 3.46. The molecule has 0 aliphatic rings. The van der Waals surface area contributed by atoms with Crippen molar-refractivity contribution < 1.29 is 9.90 Å². The Morgan fingerprint density at radius 2 is 1.78 bits per heavy atom. The van der Waals surface area contributed by atoms with Gasteiger partial charge >= 0.3 is 5.97 Å². The Kier molecular flexibility index (Phi) is 5.52. The fraction of sp³-hybridized carbons (Fsp3) is 0.125. The number of benzene rings is 2. The van der Waals surface area contributed by atoms with Crippen LogP contribution in [0.2, 0.25) is 10.0 Å². The van der Waals surface area contributed by atoms with Crippen LogP contribution in [0.15, 0.2) is 42.5 Å². The van der Waals surface area contributed by atoms with E-state index in [4.69, 9.17) is 23.2 Å². The molecule has 3 aromatic rings. The monoisotopic (exact) mass is 370 g/mol. The highest BCUT2D eigenvalue weighted by atomic mass is 35.5. The molecule has 1 aromatic heterocycles. The van der Waals surface area contributed by atoms with Gasteiger partial charge in [-0.05, 0) is 35.9 Å². The number of rotatable bonds is 4. The van der Waals surface area contributed by atoms with Gasteiger partial charge in [-0.25, -0.2) is 4.98 Å². The predicted octanol–water partition coefficient (Wildman–Crippen LogP) is 4.70. The lowest BCUT2D eigenvalue weighted by atomic mass is 9.96. The van der Waals surface area contributed by atoms with Crippen molar-refractivity contribution in [3.63, 3.8) is 0 Å². The number of aliphatic carboxylic acids is 1. The molecular weight excluding hydrogens is 359 g/mol. The Balaban J connectivity index is 0.00000192. The standard InChI is InChI=1S/C16H12Cl2N2O2.ClH/c17-10-3-1-9(2-4-10)12(16(21)22)8-15-19-13-6-5-11(18)7-14(13)20-15;/h1-7,12H,8H2,(H,19,20)(H,21,22);1H. The molecule has 120 valence electrons. The molecule has 3 rings (SSSR count). The maximum atomic E-state index is 11.6. The molecule has 2 N–H and O–H groups in total. The van der Waals surface area contributed by atoms with Crippen molar-refractivity contribution >= 4 is 52.6 Å². The van der Waals surface area contributed by atoms with Crippen molar-refractivity contribution in [1.29, 1.82) is 0 Å². The first-order chi connectivity index (χ1) is 10.5. The Bertz CT molecular complexity index is 831. The summed E-state index contributed by atoms with van der Waals surface area (Å²) in [7, 11) is 0. The highest BCUT2D eigenvalue weighted by Gasteiger charge is 2.22. The van der Waals surface area contributed by atoms with Crippen molar-refractivity contribution in [2.75, 3.05) is 0 Å². The number of imidazole rings is 1. The van der Waals surface area contributed by atoms with Gasteiger partial charge in [0.05, 0.1) is 17.0 Å². The van der Waals surface area contributed by atoms with E-state index < -0.39 is 11.9 Å². The van der Waals surface area contributed by atoms with E-state index in [1.54, 1.807) is 42.5 Å². The lowest BCUT2D eigenvalue weighted by molar-refractivity contribution is -0.138. The number of H-pyrrole nitrogens is 1. The summed E-state index contributed by atoms with van der Waals surface area (Å²) in [5.41, 5.74) is 2.25. The smallest absolute Gasteiger partial charge is 0.311 e. The van der Waals surface area contributed by atoms with Gasteiger partial charge in [-0.1, -0.05) is 35.3 Å². The number of aromatic nitrogens is 2. The zero-order valence-electron chi connectivity index (χ0n) is 11.8. The van der Waals surface area contributed by atoms with Crippen LogP contribution in [0, 0.1) is 0 Å². The molecular formula is C16H13Cl3N2O2. The average Bonchev–Trinajstić information content (AvgIpc) is 2.87. The van der Waals surface area contributed by atoms with Crippen LogP contribution in [0.3, 0.4) is 0 Å². The van der Waals surface area contributed by atoms with Crippen molar-refractivity contribution in [1.82, 2.24) is 9.97 Å². The lowest BCUT2D eigenvalue weighted by Crippen LogP contribution is -2.15. The Morgan fingerprint density at radius 3 is 2.43 bits per heavy atom. The summed E-state index contributed by atoms with van der Waals surface area (Å²) >= 11 is 11.8. The third-order valence-corrected chi connectivity index (χ3v) is 3.95.